The molecule has 11 nitrogen and oxygen atoms in total. The molecule has 0 aromatic heterocycles. The zero-order valence-corrected chi connectivity index (χ0v) is 27.9. The second-order valence-electron chi connectivity index (χ2n) is 13.5. The largest absolute Gasteiger partial charge is 0.506 e. The van der Waals surface area contributed by atoms with E-state index in [0.29, 0.717) is 12.8 Å². The predicted octanol–water partition coefficient (Wildman–Crippen LogP) is 5.66. The van der Waals surface area contributed by atoms with Crippen LogP contribution >= 0.6 is 0 Å². The Morgan fingerprint density at radius 3 is 2.00 bits per heavy atom. The molecule has 0 fully saturated rings. The predicted molar refractivity (Wildman–Crippen MR) is 174 cm³/mol. The lowest BCUT2D eigenvalue weighted by Gasteiger charge is -2.32. The fourth-order valence-corrected chi connectivity index (χ4v) is 4.19. The van der Waals surface area contributed by atoms with E-state index in [4.69, 9.17) is 9.47 Å². The Morgan fingerprint density at radius 2 is 1.40 bits per heavy atom. The Labute approximate surface area is 266 Å². The Kier molecular flexibility index (Phi) is 13.2. The van der Waals surface area contributed by atoms with Crippen LogP contribution in [-0.4, -0.2) is 52.8 Å². The first kappa shape index (κ1) is 36.9. The molecule has 0 saturated heterocycles. The number of anilines is 1. The fraction of sp³-hybridized carbons (Fsp3) is 0.529. The van der Waals surface area contributed by atoms with Gasteiger partial charge < -0.3 is 35.8 Å². The molecule has 4 atom stereocenters. The van der Waals surface area contributed by atoms with Crippen molar-refractivity contribution in [1.29, 1.82) is 0 Å². The maximum atomic E-state index is 12.9. The van der Waals surface area contributed by atoms with Gasteiger partial charge in [0.05, 0.1) is 5.69 Å². The number of carbonyl (C=O) groups is 4. The van der Waals surface area contributed by atoms with Crippen LogP contribution in [0.25, 0.3) is 0 Å². The third-order valence-electron chi connectivity index (χ3n) is 7.33. The van der Waals surface area contributed by atoms with Gasteiger partial charge in [-0.15, -0.1) is 0 Å². The van der Waals surface area contributed by atoms with Gasteiger partial charge in [-0.05, 0) is 82.1 Å². The SMILES string of the molecule is CC(NC(=O)OCc1ccccc1)C(=O)NC(C)C(=O)Nc1cc(C[C@@H](CC(C)C(C)(C)C)NC(=O)OC(C)(C)C)ccc1O. The number of rotatable bonds is 12. The summed E-state index contributed by atoms with van der Waals surface area (Å²) in [5.74, 6) is -1.04. The molecule has 0 saturated carbocycles. The van der Waals surface area contributed by atoms with Gasteiger partial charge >= 0.3 is 12.2 Å². The van der Waals surface area contributed by atoms with Crippen LogP contribution in [0.15, 0.2) is 48.5 Å². The van der Waals surface area contributed by atoms with Crippen molar-refractivity contribution < 1.29 is 33.8 Å². The number of phenols is 1. The molecule has 0 aliphatic carbocycles. The van der Waals surface area contributed by atoms with Crippen LogP contribution in [0.2, 0.25) is 0 Å². The van der Waals surface area contributed by atoms with Gasteiger partial charge in [0, 0.05) is 6.04 Å². The monoisotopic (exact) mass is 626 g/mol. The number of ether oxygens (including phenoxy) is 2. The van der Waals surface area contributed by atoms with Crippen molar-refractivity contribution in [2.24, 2.45) is 11.3 Å². The van der Waals surface area contributed by atoms with Gasteiger partial charge in [-0.2, -0.15) is 0 Å². The van der Waals surface area contributed by atoms with E-state index >= 15 is 0 Å². The lowest BCUT2D eigenvalue weighted by Crippen LogP contribution is -2.50. The van der Waals surface area contributed by atoms with Crippen LogP contribution < -0.4 is 21.3 Å². The van der Waals surface area contributed by atoms with E-state index in [1.807, 2.05) is 30.3 Å². The average molecular weight is 627 g/mol. The van der Waals surface area contributed by atoms with Gasteiger partial charge in [-0.1, -0.05) is 64.1 Å². The zero-order chi connectivity index (χ0) is 33.9. The van der Waals surface area contributed by atoms with Crippen molar-refractivity contribution in [3.05, 3.63) is 59.7 Å². The third kappa shape index (κ3) is 13.5. The van der Waals surface area contributed by atoms with Crippen LogP contribution in [0.3, 0.4) is 0 Å². The Balaban J connectivity index is 2.02. The van der Waals surface area contributed by atoms with Crippen LogP contribution in [0.1, 0.15) is 79.9 Å². The number of hydrogen-bond donors (Lipinski definition) is 5. The molecule has 11 heteroatoms. The first-order chi connectivity index (χ1) is 20.8. The normalized spacial score (nSPS) is 14.2. The number of phenolic OH excluding ortho intramolecular Hbond substituents is 1. The van der Waals surface area contributed by atoms with Gasteiger partial charge in [0.1, 0.15) is 30.0 Å². The van der Waals surface area contributed by atoms with E-state index in [0.717, 1.165) is 11.1 Å². The summed E-state index contributed by atoms with van der Waals surface area (Å²) in [4.78, 5) is 50.3. The van der Waals surface area contributed by atoms with E-state index in [-0.39, 0.29) is 35.4 Å². The summed E-state index contributed by atoms with van der Waals surface area (Å²) in [6.07, 6.45) is -0.172. The van der Waals surface area contributed by atoms with Crippen molar-refractivity contribution in [2.75, 3.05) is 5.32 Å². The summed E-state index contributed by atoms with van der Waals surface area (Å²) in [5, 5.41) is 21.1. The first-order valence-electron chi connectivity index (χ1n) is 15.2. The number of aromatic hydroxyl groups is 1. The molecule has 0 aliphatic rings. The van der Waals surface area contributed by atoms with E-state index in [2.05, 4.69) is 49.0 Å². The molecule has 248 valence electrons. The van der Waals surface area contributed by atoms with Gasteiger partial charge in [-0.3, -0.25) is 9.59 Å². The molecule has 3 unspecified atom stereocenters. The molecule has 2 aromatic carbocycles. The number of nitrogens with one attached hydrogen (secondary N) is 4. The lowest BCUT2D eigenvalue weighted by atomic mass is 9.78. The molecule has 4 amide bonds. The minimum absolute atomic E-state index is 0.0119. The molecule has 0 heterocycles. The highest BCUT2D eigenvalue weighted by atomic mass is 16.6. The summed E-state index contributed by atoms with van der Waals surface area (Å²) < 4.78 is 10.6. The van der Waals surface area contributed by atoms with Crippen molar-refractivity contribution in [3.63, 3.8) is 0 Å². The van der Waals surface area contributed by atoms with Crippen molar-refractivity contribution in [3.8, 4) is 5.75 Å². The molecular weight excluding hydrogens is 576 g/mol. The van der Waals surface area contributed by atoms with Crippen LogP contribution in [0, 0.1) is 11.3 Å². The Bertz CT molecular complexity index is 1300. The number of benzene rings is 2. The summed E-state index contributed by atoms with van der Waals surface area (Å²) in [7, 11) is 0. The summed E-state index contributed by atoms with van der Waals surface area (Å²) in [6, 6.07) is 11.7. The minimum atomic E-state index is -0.987. The highest BCUT2D eigenvalue weighted by molar-refractivity contribution is 5.98. The molecule has 0 radical (unpaired) electrons. The molecular formula is C34H50N4O7. The Hall–Kier alpha value is -4.28. The highest BCUT2D eigenvalue weighted by Crippen LogP contribution is 2.31. The molecule has 2 aromatic rings. The average Bonchev–Trinajstić information content (AvgIpc) is 2.92. The van der Waals surface area contributed by atoms with Crippen LogP contribution in [-0.2, 0) is 32.1 Å². The van der Waals surface area contributed by atoms with Gasteiger partial charge in [0.2, 0.25) is 11.8 Å². The molecule has 0 spiro atoms. The van der Waals surface area contributed by atoms with Crippen LogP contribution in [0.5, 0.6) is 5.75 Å². The zero-order valence-electron chi connectivity index (χ0n) is 27.9. The number of carbonyl (C=O) groups excluding carboxylic acids is 4. The molecule has 5 N–H and O–H groups in total. The van der Waals surface area contributed by atoms with Gasteiger partial charge in [0.15, 0.2) is 0 Å². The summed E-state index contributed by atoms with van der Waals surface area (Å²) >= 11 is 0. The highest BCUT2D eigenvalue weighted by Gasteiger charge is 2.27. The quantitative estimate of drug-likeness (QED) is 0.191. The number of amides is 4. The van der Waals surface area contributed by atoms with E-state index in [9.17, 15) is 24.3 Å². The first-order valence-corrected chi connectivity index (χ1v) is 15.2. The number of hydrogen-bond acceptors (Lipinski definition) is 7. The third-order valence-corrected chi connectivity index (χ3v) is 7.33. The van der Waals surface area contributed by atoms with E-state index < -0.39 is 41.7 Å². The standard InChI is InChI=1S/C34H50N4O7/c1-21(33(4,5)6)17-26(37-32(43)45-34(7,8)9)18-25-15-16-28(39)27(19-25)38-30(41)22(2)35-29(40)23(3)36-31(42)44-20-24-13-11-10-12-14-24/h10-16,19,21-23,26,39H,17-18,20H2,1-9H3,(H,35,40)(H,36,42)(H,37,43)(H,38,41)/t21?,22?,23?,26-/m1/s1. The second-order valence-corrected chi connectivity index (χ2v) is 13.5. The van der Waals surface area contributed by atoms with Crippen molar-refractivity contribution in [1.82, 2.24) is 16.0 Å². The topological polar surface area (TPSA) is 155 Å². The smallest absolute Gasteiger partial charge is 0.408 e. The van der Waals surface area contributed by atoms with E-state index in [1.54, 1.807) is 32.9 Å². The number of alkyl carbamates (subject to hydrolysis) is 2. The molecule has 2 rings (SSSR count). The minimum Gasteiger partial charge on any atom is -0.506 e. The molecule has 0 aliphatic heterocycles. The van der Waals surface area contributed by atoms with Crippen molar-refractivity contribution >= 4 is 29.7 Å². The fourth-order valence-electron chi connectivity index (χ4n) is 4.19. The molecule has 0 bridgehead atoms. The Morgan fingerprint density at radius 1 is 0.778 bits per heavy atom. The van der Waals surface area contributed by atoms with Gasteiger partial charge in [0.25, 0.3) is 0 Å². The van der Waals surface area contributed by atoms with Gasteiger partial charge in [-0.25, -0.2) is 9.59 Å². The van der Waals surface area contributed by atoms with Crippen molar-refractivity contribution in [2.45, 2.75) is 105 Å². The maximum absolute atomic E-state index is 12.9. The lowest BCUT2D eigenvalue weighted by molar-refractivity contribution is -0.127. The maximum Gasteiger partial charge on any atom is 0.408 e. The van der Waals surface area contributed by atoms with Crippen LogP contribution in [0.4, 0.5) is 15.3 Å². The molecule has 45 heavy (non-hydrogen) atoms. The summed E-state index contributed by atoms with van der Waals surface area (Å²) in [5.41, 5.74) is 1.10. The van der Waals surface area contributed by atoms with E-state index in [1.165, 1.54) is 19.9 Å². The second kappa shape index (κ2) is 16.2. The summed E-state index contributed by atoms with van der Waals surface area (Å²) in [6.45, 7) is 17.0.